The van der Waals surface area contributed by atoms with E-state index in [0.29, 0.717) is 40.4 Å². The number of hydrogen-bond acceptors (Lipinski definition) is 4. The van der Waals surface area contributed by atoms with E-state index in [-0.39, 0.29) is 11.8 Å². The first-order chi connectivity index (χ1) is 13.1. The fraction of sp³-hybridized carbons (Fsp3) is 0.250. The molecule has 1 aliphatic heterocycles. The summed E-state index contributed by atoms with van der Waals surface area (Å²) >= 11 is 12.1. The summed E-state index contributed by atoms with van der Waals surface area (Å²) in [6.45, 7) is 1.30. The minimum Gasteiger partial charge on any atom is -0.339 e. The summed E-state index contributed by atoms with van der Waals surface area (Å²) in [5, 5.41) is 5.28. The largest absolute Gasteiger partial charge is 0.339 e. The number of aromatic nitrogens is 2. The van der Waals surface area contributed by atoms with Gasteiger partial charge in [-0.1, -0.05) is 40.5 Å². The van der Waals surface area contributed by atoms with E-state index in [1.807, 2.05) is 23.1 Å². The highest BCUT2D eigenvalue weighted by atomic mass is 35.5. The molecule has 1 fully saturated rings. The van der Waals surface area contributed by atoms with Crippen molar-refractivity contribution in [3.8, 4) is 11.4 Å². The summed E-state index contributed by atoms with van der Waals surface area (Å²) in [6, 6.07) is 14.4. The van der Waals surface area contributed by atoms with Gasteiger partial charge in [-0.15, -0.1) is 0 Å². The lowest BCUT2D eigenvalue weighted by atomic mass is 9.96. The highest BCUT2D eigenvalue weighted by Crippen LogP contribution is 2.31. The highest BCUT2D eigenvalue weighted by molar-refractivity contribution is 6.33. The van der Waals surface area contributed by atoms with Crippen molar-refractivity contribution in [3.05, 3.63) is 70.0 Å². The predicted octanol–water partition coefficient (Wildman–Crippen LogP) is 5.06. The molecule has 5 nitrogen and oxygen atoms in total. The Balaban J connectivity index is 1.42. The third-order valence-electron chi connectivity index (χ3n) is 4.78. The zero-order valence-corrected chi connectivity index (χ0v) is 16.0. The topological polar surface area (TPSA) is 59.2 Å². The number of likely N-dealkylation sites (tertiary alicyclic amines) is 1. The minimum atomic E-state index is 0.0207. The summed E-state index contributed by atoms with van der Waals surface area (Å²) < 4.78 is 5.47. The predicted molar refractivity (Wildman–Crippen MR) is 104 cm³/mol. The van der Waals surface area contributed by atoms with Gasteiger partial charge in [0.05, 0.1) is 5.02 Å². The van der Waals surface area contributed by atoms with Crippen LogP contribution in [-0.2, 0) is 0 Å². The molecule has 1 amide bonds. The number of benzene rings is 2. The zero-order valence-electron chi connectivity index (χ0n) is 14.4. The van der Waals surface area contributed by atoms with Crippen molar-refractivity contribution in [1.82, 2.24) is 15.0 Å². The van der Waals surface area contributed by atoms with Gasteiger partial charge in [0.2, 0.25) is 11.7 Å². The Bertz CT molecular complexity index is 948. The number of carbonyl (C=O) groups is 1. The van der Waals surface area contributed by atoms with E-state index < -0.39 is 0 Å². The third kappa shape index (κ3) is 3.84. The van der Waals surface area contributed by atoms with Crippen LogP contribution in [-0.4, -0.2) is 34.0 Å². The lowest BCUT2D eigenvalue weighted by molar-refractivity contribution is 0.0704. The highest BCUT2D eigenvalue weighted by Gasteiger charge is 2.28. The lowest BCUT2D eigenvalue weighted by Gasteiger charge is -2.30. The van der Waals surface area contributed by atoms with Crippen molar-refractivity contribution in [2.45, 2.75) is 18.8 Å². The number of piperidine rings is 1. The third-order valence-corrected chi connectivity index (χ3v) is 5.36. The Hall–Kier alpha value is -2.37. The van der Waals surface area contributed by atoms with Crippen LogP contribution in [0, 0.1) is 0 Å². The van der Waals surface area contributed by atoms with E-state index in [0.717, 1.165) is 18.4 Å². The molecule has 0 aliphatic carbocycles. The summed E-state index contributed by atoms with van der Waals surface area (Å²) in [5.41, 5.74) is 1.40. The summed E-state index contributed by atoms with van der Waals surface area (Å²) in [6.07, 6.45) is 1.56. The molecular weight excluding hydrogens is 385 g/mol. The second-order valence-corrected chi connectivity index (χ2v) is 7.35. The molecule has 0 bridgehead atoms. The molecule has 0 N–H and O–H groups in total. The molecule has 0 spiro atoms. The molecule has 2 aromatic carbocycles. The van der Waals surface area contributed by atoms with Crippen LogP contribution in [0.5, 0.6) is 0 Å². The number of amides is 1. The van der Waals surface area contributed by atoms with Crippen LogP contribution in [0.4, 0.5) is 0 Å². The van der Waals surface area contributed by atoms with Crippen molar-refractivity contribution in [1.29, 1.82) is 0 Å². The van der Waals surface area contributed by atoms with Gasteiger partial charge in [-0.2, -0.15) is 4.98 Å². The van der Waals surface area contributed by atoms with Crippen LogP contribution < -0.4 is 0 Å². The Morgan fingerprint density at radius 3 is 2.44 bits per heavy atom. The molecule has 1 aliphatic rings. The standard InChI is InChI=1S/C20H17Cl2N3O2/c21-15-7-5-14(6-8-15)20(26)25-11-9-13(10-12-25)19-23-18(24-27-19)16-3-1-2-4-17(16)22/h1-8,13H,9-12H2. The Kier molecular flexibility index (Phi) is 5.14. The van der Waals surface area contributed by atoms with Crippen molar-refractivity contribution in [2.24, 2.45) is 0 Å². The number of carbonyl (C=O) groups excluding carboxylic acids is 1. The number of hydrogen-bond donors (Lipinski definition) is 0. The fourth-order valence-corrected chi connectivity index (χ4v) is 3.60. The quantitative estimate of drug-likeness (QED) is 0.614. The van der Waals surface area contributed by atoms with Crippen molar-refractivity contribution in [3.63, 3.8) is 0 Å². The van der Waals surface area contributed by atoms with E-state index in [4.69, 9.17) is 27.7 Å². The van der Waals surface area contributed by atoms with Gasteiger partial charge >= 0.3 is 0 Å². The minimum absolute atomic E-state index is 0.0207. The molecule has 0 atom stereocenters. The van der Waals surface area contributed by atoms with Crippen LogP contribution in [0.25, 0.3) is 11.4 Å². The van der Waals surface area contributed by atoms with Crippen LogP contribution in [0.1, 0.15) is 35.0 Å². The molecule has 1 saturated heterocycles. The summed E-state index contributed by atoms with van der Waals surface area (Å²) in [7, 11) is 0. The maximum atomic E-state index is 12.6. The van der Waals surface area contributed by atoms with Gasteiger partial charge in [0.1, 0.15) is 0 Å². The van der Waals surface area contributed by atoms with Crippen LogP contribution in [0.2, 0.25) is 10.0 Å². The molecule has 27 heavy (non-hydrogen) atoms. The first-order valence-electron chi connectivity index (χ1n) is 8.75. The molecule has 7 heteroatoms. The van der Waals surface area contributed by atoms with E-state index in [9.17, 15) is 4.79 Å². The SMILES string of the molecule is O=C(c1ccc(Cl)cc1)N1CCC(c2nc(-c3ccccc3Cl)no2)CC1. The number of nitrogens with zero attached hydrogens (tertiary/aromatic N) is 3. The molecule has 0 unspecified atom stereocenters. The monoisotopic (exact) mass is 401 g/mol. The van der Waals surface area contributed by atoms with Gasteiger partial charge in [-0.3, -0.25) is 4.79 Å². The molecule has 3 aromatic rings. The summed E-state index contributed by atoms with van der Waals surface area (Å²) in [5.74, 6) is 1.26. The first-order valence-corrected chi connectivity index (χ1v) is 9.51. The first kappa shape index (κ1) is 18.0. The average molecular weight is 402 g/mol. The fourth-order valence-electron chi connectivity index (χ4n) is 3.26. The average Bonchev–Trinajstić information content (AvgIpc) is 3.18. The molecule has 4 rings (SSSR count). The Morgan fingerprint density at radius 1 is 1.04 bits per heavy atom. The van der Waals surface area contributed by atoms with Crippen molar-refractivity contribution < 1.29 is 9.32 Å². The molecule has 2 heterocycles. The summed E-state index contributed by atoms with van der Waals surface area (Å²) in [4.78, 5) is 19.0. The van der Waals surface area contributed by atoms with Gasteiger partial charge in [0, 0.05) is 35.2 Å². The Morgan fingerprint density at radius 2 is 1.74 bits per heavy atom. The second-order valence-electron chi connectivity index (χ2n) is 6.51. The van der Waals surface area contributed by atoms with Gasteiger partial charge in [-0.25, -0.2) is 0 Å². The van der Waals surface area contributed by atoms with Crippen LogP contribution >= 0.6 is 23.2 Å². The molecule has 0 saturated carbocycles. The molecule has 138 valence electrons. The van der Waals surface area contributed by atoms with Gasteiger partial charge < -0.3 is 9.42 Å². The molecular formula is C20H17Cl2N3O2. The maximum absolute atomic E-state index is 12.6. The number of rotatable bonds is 3. The van der Waals surface area contributed by atoms with Crippen LogP contribution in [0.15, 0.2) is 53.1 Å². The van der Waals surface area contributed by atoms with E-state index in [1.54, 1.807) is 30.3 Å². The van der Waals surface area contributed by atoms with Gasteiger partial charge in [0.15, 0.2) is 0 Å². The van der Waals surface area contributed by atoms with Crippen molar-refractivity contribution >= 4 is 29.1 Å². The van der Waals surface area contributed by atoms with E-state index in [2.05, 4.69) is 10.1 Å². The molecule has 0 radical (unpaired) electrons. The second kappa shape index (κ2) is 7.71. The lowest BCUT2D eigenvalue weighted by Crippen LogP contribution is -2.37. The Labute approximate surface area is 166 Å². The zero-order chi connectivity index (χ0) is 18.8. The molecule has 1 aromatic heterocycles. The number of halogens is 2. The smallest absolute Gasteiger partial charge is 0.253 e. The van der Waals surface area contributed by atoms with Crippen LogP contribution in [0.3, 0.4) is 0 Å². The maximum Gasteiger partial charge on any atom is 0.253 e. The van der Waals surface area contributed by atoms with Gasteiger partial charge in [0.25, 0.3) is 5.91 Å². The van der Waals surface area contributed by atoms with Crippen molar-refractivity contribution in [2.75, 3.05) is 13.1 Å². The van der Waals surface area contributed by atoms with E-state index >= 15 is 0 Å². The normalized spacial score (nSPS) is 15.1. The van der Waals surface area contributed by atoms with Gasteiger partial charge in [-0.05, 0) is 49.2 Å². The van der Waals surface area contributed by atoms with E-state index in [1.165, 1.54) is 0 Å².